The fourth-order valence-electron chi connectivity index (χ4n) is 1.42. The van der Waals surface area contributed by atoms with E-state index in [4.69, 9.17) is 10.2 Å². The third kappa shape index (κ3) is 3.28. The van der Waals surface area contributed by atoms with E-state index in [9.17, 15) is 4.79 Å². The summed E-state index contributed by atoms with van der Waals surface area (Å²) in [5, 5.41) is 18.3. The number of hydrogen-bond acceptors (Lipinski definition) is 4. The number of hydrogen-bond donors (Lipinski definition) is 2. The second kappa shape index (κ2) is 5.60. The molecule has 18 heavy (non-hydrogen) atoms. The molecule has 0 radical (unpaired) electrons. The molecule has 92 valence electrons. The lowest BCUT2D eigenvalue weighted by Crippen LogP contribution is -2.01. The Morgan fingerprint density at radius 2 is 1.39 bits per heavy atom. The predicted molar refractivity (Wildman–Crippen MR) is 71.3 cm³/mol. The number of thioether (sulfide) groups is 1. The number of ketones is 1. The van der Waals surface area contributed by atoms with Crippen molar-refractivity contribution in [2.24, 2.45) is 0 Å². The number of carbonyl (C=O) groups excluding carboxylic acids is 1. The molecule has 0 aliphatic rings. The third-order valence-electron chi connectivity index (χ3n) is 2.40. The monoisotopic (exact) mass is 260 g/mol. The van der Waals surface area contributed by atoms with Crippen molar-refractivity contribution >= 4 is 17.5 Å². The van der Waals surface area contributed by atoms with E-state index in [1.807, 2.05) is 0 Å². The molecule has 2 rings (SSSR count). The Kier molecular flexibility index (Phi) is 3.89. The molecular formula is C14H12O3S. The molecule has 0 aliphatic carbocycles. The van der Waals surface area contributed by atoms with Gasteiger partial charge in [-0.05, 0) is 48.5 Å². The van der Waals surface area contributed by atoms with Gasteiger partial charge in [-0.1, -0.05) is 0 Å². The SMILES string of the molecule is O=C(CSc1ccc(O)cc1)c1ccc(O)cc1. The normalized spacial score (nSPS) is 10.2. The summed E-state index contributed by atoms with van der Waals surface area (Å²) >= 11 is 1.41. The molecule has 0 bridgehead atoms. The van der Waals surface area contributed by atoms with E-state index in [2.05, 4.69) is 0 Å². The maximum absolute atomic E-state index is 11.8. The molecule has 0 saturated carbocycles. The first-order chi connectivity index (χ1) is 8.65. The average molecular weight is 260 g/mol. The standard InChI is InChI=1S/C14H12O3S/c15-11-3-1-10(2-4-11)14(17)9-18-13-7-5-12(16)6-8-13/h1-8,15-16H,9H2. The van der Waals surface area contributed by atoms with E-state index in [-0.39, 0.29) is 17.3 Å². The maximum Gasteiger partial charge on any atom is 0.173 e. The maximum atomic E-state index is 11.8. The van der Waals surface area contributed by atoms with Gasteiger partial charge in [-0.25, -0.2) is 0 Å². The van der Waals surface area contributed by atoms with E-state index >= 15 is 0 Å². The van der Waals surface area contributed by atoms with E-state index < -0.39 is 0 Å². The van der Waals surface area contributed by atoms with Gasteiger partial charge >= 0.3 is 0 Å². The zero-order chi connectivity index (χ0) is 13.0. The van der Waals surface area contributed by atoms with Gasteiger partial charge < -0.3 is 10.2 Å². The Morgan fingerprint density at radius 1 is 0.889 bits per heavy atom. The molecule has 0 aliphatic heterocycles. The number of rotatable bonds is 4. The molecule has 0 aromatic heterocycles. The number of phenolic OH excluding ortho intramolecular Hbond substituents is 2. The molecule has 0 unspecified atom stereocenters. The molecule has 2 N–H and O–H groups in total. The van der Waals surface area contributed by atoms with Crippen LogP contribution in [0.15, 0.2) is 53.4 Å². The fourth-order valence-corrected chi connectivity index (χ4v) is 2.21. The molecule has 0 fully saturated rings. The Morgan fingerprint density at radius 3 is 1.94 bits per heavy atom. The molecule has 4 heteroatoms. The van der Waals surface area contributed by atoms with Crippen LogP contribution in [0.2, 0.25) is 0 Å². The van der Waals surface area contributed by atoms with Crippen molar-refractivity contribution in [1.29, 1.82) is 0 Å². The van der Waals surface area contributed by atoms with E-state index in [0.717, 1.165) is 4.90 Å². The predicted octanol–water partition coefficient (Wildman–Crippen LogP) is 3.07. The molecule has 0 heterocycles. The smallest absolute Gasteiger partial charge is 0.173 e. The van der Waals surface area contributed by atoms with Crippen LogP contribution in [0.4, 0.5) is 0 Å². The zero-order valence-electron chi connectivity index (χ0n) is 9.54. The number of Topliss-reactive ketones (excluding diaryl/α,β-unsaturated/α-hetero) is 1. The highest BCUT2D eigenvalue weighted by atomic mass is 32.2. The molecule has 0 saturated heterocycles. The first kappa shape index (κ1) is 12.5. The summed E-state index contributed by atoms with van der Waals surface area (Å²) < 4.78 is 0. The van der Waals surface area contributed by atoms with Gasteiger partial charge in [0.15, 0.2) is 5.78 Å². The summed E-state index contributed by atoms with van der Waals surface area (Å²) in [6.07, 6.45) is 0. The Balaban J connectivity index is 1.96. The molecule has 2 aromatic carbocycles. The van der Waals surface area contributed by atoms with Crippen molar-refractivity contribution in [2.75, 3.05) is 5.75 Å². The van der Waals surface area contributed by atoms with E-state index in [1.165, 1.54) is 23.9 Å². The van der Waals surface area contributed by atoms with Gasteiger partial charge in [-0.15, -0.1) is 11.8 Å². The van der Waals surface area contributed by atoms with Crippen LogP contribution in [0, 0.1) is 0 Å². The van der Waals surface area contributed by atoms with Crippen LogP contribution in [0.25, 0.3) is 0 Å². The molecule has 0 atom stereocenters. The van der Waals surface area contributed by atoms with Crippen LogP contribution in [-0.2, 0) is 0 Å². The topological polar surface area (TPSA) is 57.5 Å². The van der Waals surface area contributed by atoms with Gasteiger partial charge in [0.1, 0.15) is 11.5 Å². The first-order valence-corrected chi connectivity index (χ1v) is 6.38. The van der Waals surface area contributed by atoms with Crippen molar-refractivity contribution in [3.8, 4) is 11.5 Å². The fraction of sp³-hybridized carbons (Fsp3) is 0.0714. The van der Waals surface area contributed by atoms with Crippen molar-refractivity contribution < 1.29 is 15.0 Å². The lowest BCUT2D eigenvalue weighted by Gasteiger charge is -2.02. The summed E-state index contributed by atoms with van der Waals surface area (Å²) in [4.78, 5) is 12.8. The molecule has 0 spiro atoms. The number of benzene rings is 2. The summed E-state index contributed by atoms with van der Waals surface area (Å²) in [5.41, 5.74) is 0.582. The number of phenols is 2. The second-order valence-corrected chi connectivity index (χ2v) is 4.80. The van der Waals surface area contributed by atoms with Gasteiger partial charge in [0.05, 0.1) is 5.75 Å². The van der Waals surface area contributed by atoms with Gasteiger partial charge in [-0.2, -0.15) is 0 Å². The summed E-state index contributed by atoms with van der Waals surface area (Å²) in [6.45, 7) is 0. The van der Waals surface area contributed by atoms with E-state index in [0.29, 0.717) is 11.3 Å². The van der Waals surface area contributed by atoms with Crippen LogP contribution in [0.5, 0.6) is 11.5 Å². The zero-order valence-corrected chi connectivity index (χ0v) is 10.4. The highest BCUT2D eigenvalue weighted by molar-refractivity contribution is 8.00. The van der Waals surface area contributed by atoms with E-state index in [1.54, 1.807) is 36.4 Å². The minimum atomic E-state index is 0.00748. The quantitative estimate of drug-likeness (QED) is 0.655. The summed E-state index contributed by atoms with van der Waals surface area (Å²) in [6, 6.07) is 12.9. The van der Waals surface area contributed by atoms with Gasteiger partial charge in [-0.3, -0.25) is 4.79 Å². The molecule has 3 nitrogen and oxygen atoms in total. The first-order valence-electron chi connectivity index (χ1n) is 5.39. The average Bonchev–Trinajstić information content (AvgIpc) is 2.38. The van der Waals surface area contributed by atoms with Gasteiger partial charge in [0.2, 0.25) is 0 Å². The minimum absolute atomic E-state index is 0.00748. The minimum Gasteiger partial charge on any atom is -0.508 e. The molecule has 2 aromatic rings. The van der Waals surface area contributed by atoms with Crippen LogP contribution in [-0.4, -0.2) is 21.7 Å². The number of aromatic hydroxyl groups is 2. The Bertz CT molecular complexity index is 532. The van der Waals surface area contributed by atoms with Crippen LogP contribution < -0.4 is 0 Å². The van der Waals surface area contributed by atoms with Gasteiger partial charge in [0.25, 0.3) is 0 Å². The highest BCUT2D eigenvalue weighted by Gasteiger charge is 2.06. The van der Waals surface area contributed by atoms with Crippen molar-refractivity contribution in [3.63, 3.8) is 0 Å². The van der Waals surface area contributed by atoms with Crippen LogP contribution in [0.1, 0.15) is 10.4 Å². The molecular weight excluding hydrogens is 248 g/mol. The summed E-state index contributed by atoms with van der Waals surface area (Å²) in [7, 11) is 0. The number of carbonyl (C=O) groups is 1. The van der Waals surface area contributed by atoms with Crippen LogP contribution in [0.3, 0.4) is 0 Å². The lowest BCUT2D eigenvalue weighted by atomic mass is 10.1. The Hall–Kier alpha value is -1.94. The highest BCUT2D eigenvalue weighted by Crippen LogP contribution is 2.22. The lowest BCUT2D eigenvalue weighted by molar-refractivity contribution is 0.102. The van der Waals surface area contributed by atoms with Crippen molar-refractivity contribution in [1.82, 2.24) is 0 Å². The largest absolute Gasteiger partial charge is 0.508 e. The molecule has 0 amide bonds. The van der Waals surface area contributed by atoms with Crippen molar-refractivity contribution in [2.45, 2.75) is 4.90 Å². The van der Waals surface area contributed by atoms with Gasteiger partial charge in [0, 0.05) is 10.5 Å². The second-order valence-electron chi connectivity index (χ2n) is 3.75. The Labute approximate surface area is 109 Å². The third-order valence-corrected chi connectivity index (χ3v) is 3.41. The van der Waals surface area contributed by atoms with Crippen molar-refractivity contribution in [3.05, 3.63) is 54.1 Å². The van der Waals surface area contributed by atoms with Crippen LogP contribution >= 0.6 is 11.8 Å². The summed E-state index contributed by atoms with van der Waals surface area (Å²) in [5.74, 6) is 0.699.